The van der Waals surface area contributed by atoms with E-state index >= 15 is 0 Å². The van der Waals surface area contributed by atoms with Crippen LogP contribution < -0.4 is 10.1 Å². The fourth-order valence-electron chi connectivity index (χ4n) is 3.06. The summed E-state index contributed by atoms with van der Waals surface area (Å²) in [5.41, 5.74) is 3.82. The molecular weight excluding hydrogens is 382 g/mol. The number of carbonyl (C=O) groups is 1. The Labute approximate surface area is 173 Å². The highest BCUT2D eigenvalue weighted by Crippen LogP contribution is 2.27. The van der Waals surface area contributed by atoms with Crippen LogP contribution in [0.2, 0.25) is 0 Å². The first-order valence-electron chi connectivity index (χ1n) is 9.30. The zero-order valence-electron chi connectivity index (χ0n) is 16.0. The maximum atomic E-state index is 12.4. The van der Waals surface area contributed by atoms with Crippen LogP contribution in [-0.2, 0) is 17.8 Å². The minimum absolute atomic E-state index is 0.0280. The van der Waals surface area contributed by atoms with Gasteiger partial charge in [-0.05, 0) is 41.3 Å². The number of nitrogens with one attached hydrogen (secondary N) is 1. The van der Waals surface area contributed by atoms with E-state index in [9.17, 15) is 4.79 Å². The highest BCUT2D eigenvalue weighted by molar-refractivity contribution is 7.13. The first-order chi connectivity index (χ1) is 14.2. The molecule has 0 fully saturated rings. The summed E-state index contributed by atoms with van der Waals surface area (Å²) in [5.74, 6) is 0.753. The predicted octanol–water partition coefficient (Wildman–Crippen LogP) is 4.47. The van der Waals surface area contributed by atoms with Crippen molar-refractivity contribution in [2.24, 2.45) is 0 Å². The molecule has 4 aromatic rings. The Kier molecular flexibility index (Phi) is 5.72. The average molecular weight is 404 g/mol. The molecule has 2 aromatic carbocycles. The van der Waals surface area contributed by atoms with Gasteiger partial charge in [-0.25, -0.2) is 4.68 Å². The highest BCUT2D eigenvalue weighted by Gasteiger charge is 2.14. The van der Waals surface area contributed by atoms with Crippen molar-refractivity contribution < 1.29 is 9.53 Å². The molecule has 0 aliphatic carbocycles. The summed E-state index contributed by atoms with van der Waals surface area (Å²) in [6, 6.07) is 21.6. The summed E-state index contributed by atoms with van der Waals surface area (Å²) in [7, 11) is 1.63. The molecule has 0 aliphatic rings. The second-order valence-corrected chi connectivity index (χ2v) is 7.51. The van der Waals surface area contributed by atoms with E-state index in [1.54, 1.807) is 18.4 Å². The molecule has 5 nitrogen and oxygen atoms in total. The van der Waals surface area contributed by atoms with Crippen molar-refractivity contribution >= 4 is 17.2 Å². The van der Waals surface area contributed by atoms with Gasteiger partial charge in [0, 0.05) is 18.3 Å². The molecule has 0 spiro atoms. The van der Waals surface area contributed by atoms with Gasteiger partial charge in [-0.2, -0.15) is 5.10 Å². The molecule has 6 heteroatoms. The molecule has 29 heavy (non-hydrogen) atoms. The zero-order valence-corrected chi connectivity index (χ0v) is 16.9. The normalized spacial score (nSPS) is 10.7. The van der Waals surface area contributed by atoms with E-state index in [0.29, 0.717) is 13.0 Å². The van der Waals surface area contributed by atoms with Crippen molar-refractivity contribution in [2.45, 2.75) is 13.0 Å². The third-order valence-electron chi connectivity index (χ3n) is 4.57. The van der Waals surface area contributed by atoms with Gasteiger partial charge in [-0.1, -0.05) is 36.4 Å². The van der Waals surface area contributed by atoms with Gasteiger partial charge in [-0.3, -0.25) is 4.79 Å². The van der Waals surface area contributed by atoms with Gasteiger partial charge in [0.2, 0.25) is 5.91 Å². The third-order valence-corrected chi connectivity index (χ3v) is 5.44. The van der Waals surface area contributed by atoms with Crippen LogP contribution in [0.5, 0.6) is 5.75 Å². The number of thiophene rings is 1. The standard InChI is InChI=1S/C23H21N3O2S/c1-28-20-11-9-17(10-12-20)14-22(27)24-15-18-16-26(19-6-3-2-4-7-19)25-23(18)21-8-5-13-29-21/h2-13,16H,14-15H2,1H3,(H,24,27). The average Bonchev–Trinajstić information content (AvgIpc) is 3.43. The zero-order chi connectivity index (χ0) is 20.1. The second-order valence-electron chi connectivity index (χ2n) is 6.56. The number of benzene rings is 2. The molecule has 1 N–H and O–H groups in total. The summed E-state index contributed by atoms with van der Waals surface area (Å²) in [6.07, 6.45) is 2.31. The second kappa shape index (κ2) is 8.75. The maximum Gasteiger partial charge on any atom is 0.224 e. The van der Waals surface area contributed by atoms with Gasteiger partial charge in [0.05, 0.1) is 24.1 Å². The summed E-state index contributed by atoms with van der Waals surface area (Å²) >= 11 is 1.64. The number of hydrogen-bond acceptors (Lipinski definition) is 4. The lowest BCUT2D eigenvalue weighted by molar-refractivity contribution is -0.120. The van der Waals surface area contributed by atoms with E-state index in [4.69, 9.17) is 9.84 Å². The van der Waals surface area contributed by atoms with Gasteiger partial charge >= 0.3 is 0 Å². The Hall–Kier alpha value is -3.38. The van der Waals surface area contributed by atoms with Crippen LogP contribution in [0.1, 0.15) is 11.1 Å². The van der Waals surface area contributed by atoms with Gasteiger partial charge in [0.15, 0.2) is 0 Å². The molecule has 0 bridgehead atoms. The molecule has 2 aromatic heterocycles. The molecule has 2 heterocycles. The Balaban J connectivity index is 1.49. The highest BCUT2D eigenvalue weighted by atomic mass is 32.1. The molecule has 0 unspecified atom stereocenters. The lowest BCUT2D eigenvalue weighted by atomic mass is 10.1. The molecule has 0 atom stereocenters. The van der Waals surface area contributed by atoms with Crippen molar-refractivity contribution in [1.82, 2.24) is 15.1 Å². The SMILES string of the molecule is COc1ccc(CC(=O)NCc2cn(-c3ccccc3)nc2-c2cccs2)cc1. The lowest BCUT2D eigenvalue weighted by Gasteiger charge is -2.06. The minimum Gasteiger partial charge on any atom is -0.497 e. The third kappa shape index (κ3) is 4.55. The predicted molar refractivity (Wildman–Crippen MR) is 115 cm³/mol. The Bertz CT molecular complexity index is 1070. The van der Waals surface area contributed by atoms with Crippen molar-refractivity contribution in [3.63, 3.8) is 0 Å². The van der Waals surface area contributed by atoms with Crippen LogP contribution in [0.25, 0.3) is 16.3 Å². The quantitative estimate of drug-likeness (QED) is 0.495. The van der Waals surface area contributed by atoms with Gasteiger partial charge in [0.1, 0.15) is 11.4 Å². The number of carbonyl (C=O) groups excluding carboxylic acids is 1. The van der Waals surface area contributed by atoms with E-state index in [1.165, 1.54) is 0 Å². The van der Waals surface area contributed by atoms with E-state index < -0.39 is 0 Å². The molecular formula is C23H21N3O2S. The molecule has 1 amide bonds. The Morgan fingerprint density at radius 3 is 2.55 bits per heavy atom. The Morgan fingerprint density at radius 1 is 1.07 bits per heavy atom. The number of ether oxygens (including phenoxy) is 1. The smallest absolute Gasteiger partial charge is 0.224 e. The van der Waals surface area contributed by atoms with Crippen molar-refractivity contribution in [2.75, 3.05) is 7.11 Å². The number of amides is 1. The van der Waals surface area contributed by atoms with Crippen molar-refractivity contribution in [3.05, 3.63) is 89.4 Å². The van der Waals surface area contributed by atoms with Crippen LogP contribution in [0.15, 0.2) is 78.3 Å². The number of para-hydroxylation sites is 1. The number of nitrogens with zero attached hydrogens (tertiary/aromatic N) is 2. The summed E-state index contributed by atoms with van der Waals surface area (Å²) in [5, 5.41) is 9.82. The number of methoxy groups -OCH3 is 1. The number of aromatic nitrogens is 2. The molecule has 0 saturated carbocycles. The molecule has 146 valence electrons. The summed E-state index contributed by atoms with van der Waals surface area (Å²) in [6.45, 7) is 0.426. The fraction of sp³-hybridized carbons (Fsp3) is 0.130. The number of hydrogen-bond donors (Lipinski definition) is 1. The van der Waals surface area contributed by atoms with E-state index in [2.05, 4.69) is 5.32 Å². The largest absolute Gasteiger partial charge is 0.497 e. The minimum atomic E-state index is -0.0280. The van der Waals surface area contributed by atoms with Crippen molar-refractivity contribution in [1.29, 1.82) is 0 Å². The summed E-state index contributed by atoms with van der Waals surface area (Å²) in [4.78, 5) is 13.5. The molecule has 0 aliphatic heterocycles. The first-order valence-corrected chi connectivity index (χ1v) is 10.2. The molecule has 0 saturated heterocycles. The van der Waals surface area contributed by atoms with Crippen molar-refractivity contribution in [3.8, 4) is 22.0 Å². The molecule has 4 rings (SSSR count). The topological polar surface area (TPSA) is 56.1 Å². The summed E-state index contributed by atoms with van der Waals surface area (Å²) < 4.78 is 7.02. The Morgan fingerprint density at radius 2 is 1.86 bits per heavy atom. The van der Waals surface area contributed by atoms with E-state index in [0.717, 1.165) is 33.1 Å². The lowest BCUT2D eigenvalue weighted by Crippen LogP contribution is -2.24. The van der Waals surface area contributed by atoms with Gasteiger partial charge < -0.3 is 10.1 Å². The monoisotopic (exact) mass is 403 g/mol. The first kappa shape index (κ1) is 19.0. The fourth-order valence-corrected chi connectivity index (χ4v) is 3.80. The van der Waals surface area contributed by atoms with Gasteiger partial charge in [-0.15, -0.1) is 11.3 Å². The van der Waals surface area contributed by atoms with Crippen LogP contribution in [0.4, 0.5) is 0 Å². The molecule has 0 radical (unpaired) electrons. The number of rotatable bonds is 7. The van der Waals surface area contributed by atoms with Gasteiger partial charge in [0.25, 0.3) is 0 Å². The van der Waals surface area contributed by atoms with E-state index in [-0.39, 0.29) is 5.91 Å². The van der Waals surface area contributed by atoms with Crippen LogP contribution in [0, 0.1) is 0 Å². The van der Waals surface area contributed by atoms with Crippen LogP contribution >= 0.6 is 11.3 Å². The van der Waals surface area contributed by atoms with Crippen LogP contribution in [0.3, 0.4) is 0 Å². The van der Waals surface area contributed by atoms with E-state index in [1.807, 2.05) is 83.0 Å². The van der Waals surface area contributed by atoms with Crippen LogP contribution in [-0.4, -0.2) is 22.8 Å². The maximum absolute atomic E-state index is 12.4.